The summed E-state index contributed by atoms with van der Waals surface area (Å²) in [6, 6.07) is 9.17. The van der Waals surface area contributed by atoms with Crippen molar-refractivity contribution < 1.29 is 18.3 Å². The lowest BCUT2D eigenvalue weighted by Crippen LogP contribution is -2.68. The maximum atomic E-state index is 13.1. The fourth-order valence-electron chi connectivity index (χ4n) is 4.10. The fourth-order valence-corrected chi connectivity index (χ4v) is 6.27. The zero-order chi connectivity index (χ0) is 20.5. The van der Waals surface area contributed by atoms with Gasteiger partial charge < -0.3 is 14.2 Å². The monoisotopic (exact) mass is 408 g/mol. The molecule has 0 aromatic heterocycles. The molecule has 2 saturated heterocycles. The molecule has 0 spiro atoms. The number of likely N-dealkylation sites (tertiary alicyclic amines) is 1. The predicted octanol–water partition coefficient (Wildman–Crippen LogP) is 2.42. The Hall–Kier alpha value is -1.44. The lowest BCUT2D eigenvalue weighted by atomic mass is 10.1. The highest BCUT2D eigenvalue weighted by molar-refractivity contribution is 8.00. The van der Waals surface area contributed by atoms with E-state index in [0.29, 0.717) is 32.2 Å². The van der Waals surface area contributed by atoms with E-state index < -0.39 is 20.2 Å². The van der Waals surface area contributed by atoms with Crippen molar-refractivity contribution in [2.75, 3.05) is 32.8 Å². The van der Waals surface area contributed by atoms with Crippen LogP contribution < -0.4 is 4.74 Å². The van der Waals surface area contributed by atoms with Gasteiger partial charge in [0.05, 0.1) is 22.8 Å². The Morgan fingerprint density at radius 2 is 1.89 bits per heavy atom. The molecule has 2 aliphatic heterocycles. The summed E-state index contributed by atoms with van der Waals surface area (Å²) in [6.07, 6.45) is 1.02. The zero-order valence-electron chi connectivity index (χ0n) is 17.3. The Bertz CT molecular complexity index is 737. The maximum Gasteiger partial charge on any atom is 0.278 e. The third kappa shape index (κ3) is 3.98. The van der Waals surface area contributed by atoms with Crippen LogP contribution in [0.5, 0.6) is 5.75 Å². The van der Waals surface area contributed by atoms with Gasteiger partial charge in [-0.05, 0) is 44.9 Å². The molecule has 0 radical (unpaired) electrons. The topological polar surface area (TPSA) is 72.9 Å². The number of carbonyl (C=O) groups excluding carboxylic acids is 1. The van der Waals surface area contributed by atoms with Crippen molar-refractivity contribution in [1.29, 1.82) is 0 Å². The summed E-state index contributed by atoms with van der Waals surface area (Å²) >= 11 is 0. The number of benzene rings is 1. The normalized spacial score (nSPS) is 29.9. The Kier molecular flexibility index (Phi) is 6.17. The van der Waals surface area contributed by atoms with Crippen LogP contribution in [0.15, 0.2) is 30.3 Å². The van der Waals surface area contributed by atoms with Crippen molar-refractivity contribution in [3.63, 3.8) is 0 Å². The van der Waals surface area contributed by atoms with Gasteiger partial charge in [-0.15, -0.1) is 4.21 Å². The number of carbonyl (C=O) groups is 1. The van der Waals surface area contributed by atoms with Crippen molar-refractivity contribution in [2.24, 2.45) is 5.92 Å². The third-order valence-corrected chi connectivity index (χ3v) is 8.82. The van der Waals surface area contributed by atoms with Crippen molar-refractivity contribution in [2.45, 2.75) is 50.2 Å². The van der Waals surface area contributed by atoms with E-state index in [1.165, 1.54) is 0 Å². The number of fused-ring (bicyclic) bond motifs is 1. The van der Waals surface area contributed by atoms with Crippen LogP contribution in [0.1, 0.15) is 34.1 Å². The minimum atomic E-state index is -3.54. The van der Waals surface area contributed by atoms with Gasteiger partial charge >= 0.3 is 0 Å². The van der Waals surface area contributed by atoms with Crippen LogP contribution in [0.25, 0.3) is 0 Å². The molecule has 1 aromatic carbocycles. The van der Waals surface area contributed by atoms with Crippen LogP contribution in [0, 0.1) is 5.92 Å². The molecule has 0 N–H and O–H groups in total. The second-order valence-corrected chi connectivity index (χ2v) is 11.5. The van der Waals surface area contributed by atoms with Crippen molar-refractivity contribution >= 4 is 16.1 Å². The second-order valence-electron chi connectivity index (χ2n) is 8.76. The molecule has 0 bridgehead atoms. The number of sulfone groups is 1. The van der Waals surface area contributed by atoms with Gasteiger partial charge in [-0.3, -0.25) is 9.69 Å². The molecular weight excluding hydrogens is 376 g/mol. The third-order valence-electron chi connectivity index (χ3n) is 5.97. The quantitative estimate of drug-likeness (QED) is 0.648. The Balaban J connectivity index is 1.74. The number of hydrogen-bond donors (Lipinski definition) is 0. The summed E-state index contributed by atoms with van der Waals surface area (Å²) in [5.74, 6) is 1.00. The summed E-state index contributed by atoms with van der Waals surface area (Å²) in [6.45, 7) is 10.2. The molecule has 2 fully saturated rings. The van der Waals surface area contributed by atoms with E-state index in [1.807, 2.05) is 30.3 Å². The average molecular weight is 409 g/mol. The lowest BCUT2D eigenvalue weighted by molar-refractivity contribution is -0.137. The van der Waals surface area contributed by atoms with E-state index in [9.17, 15) is 13.6 Å². The summed E-state index contributed by atoms with van der Waals surface area (Å²) in [5, 5.41) is -0.524. The van der Waals surface area contributed by atoms with Gasteiger partial charge in [-0.1, -0.05) is 32.0 Å². The van der Waals surface area contributed by atoms with Crippen molar-refractivity contribution in [3.8, 4) is 5.75 Å². The molecule has 0 saturated carbocycles. The molecule has 3 rings (SSSR count). The highest BCUT2D eigenvalue weighted by Gasteiger charge is 2.63. The van der Waals surface area contributed by atoms with Crippen molar-refractivity contribution in [3.05, 3.63) is 30.3 Å². The Morgan fingerprint density at radius 3 is 2.54 bits per heavy atom. The van der Waals surface area contributed by atoms with Crippen LogP contribution in [0.3, 0.4) is 0 Å². The maximum absolute atomic E-state index is 13.1. The molecule has 6 nitrogen and oxygen atoms in total. The fraction of sp³-hybridized carbons (Fsp3) is 0.667. The number of rotatable bonds is 7. The molecule has 1 aromatic rings. The largest absolute Gasteiger partial charge is 0.614 e. The first-order chi connectivity index (χ1) is 13.1. The first-order valence-corrected chi connectivity index (χ1v) is 11.6. The Morgan fingerprint density at radius 1 is 1.21 bits per heavy atom. The van der Waals surface area contributed by atoms with Crippen LogP contribution in [0.2, 0.25) is 0 Å². The average Bonchev–Trinajstić information content (AvgIpc) is 3.08. The SMILES string of the molecule is CC(C)CCN1C[C@@H]2[C@H](C1)N(CCOc1ccccc1)C(=O)C(C)(C)[S+]2(=O)[O-]. The van der Waals surface area contributed by atoms with Crippen LogP contribution >= 0.6 is 0 Å². The van der Waals surface area contributed by atoms with Gasteiger partial charge in [-0.25, -0.2) is 0 Å². The van der Waals surface area contributed by atoms with E-state index in [1.54, 1.807) is 18.7 Å². The zero-order valence-corrected chi connectivity index (χ0v) is 18.1. The first-order valence-electron chi connectivity index (χ1n) is 10.1. The van der Waals surface area contributed by atoms with Gasteiger partial charge in [0, 0.05) is 13.1 Å². The summed E-state index contributed by atoms with van der Waals surface area (Å²) in [7, 11) is -3.54. The van der Waals surface area contributed by atoms with Crippen LogP contribution in [0.4, 0.5) is 0 Å². The van der Waals surface area contributed by atoms with Gasteiger partial charge in [0.25, 0.3) is 5.91 Å². The van der Waals surface area contributed by atoms with E-state index in [2.05, 4.69) is 18.7 Å². The molecule has 2 aliphatic rings. The highest BCUT2D eigenvalue weighted by Crippen LogP contribution is 2.40. The standard InChI is InChI=1S/C21H32N2O4S/c1-16(2)10-11-22-14-18-19(15-22)28(25,26)21(3,4)20(24)23(18)12-13-27-17-8-6-5-7-9-17/h5-9,16,18-19H,10-15H2,1-4H3/t18-,19+/m0/s1. The molecular formula is C21H32N2O4S. The van der Waals surface area contributed by atoms with Gasteiger partial charge in [0.1, 0.15) is 12.4 Å². The number of nitrogens with zero attached hydrogens (tertiary/aromatic N) is 2. The first kappa shape index (κ1) is 21.3. The van der Waals surface area contributed by atoms with E-state index in [4.69, 9.17) is 4.74 Å². The Labute approximate surface area is 169 Å². The molecule has 1 amide bonds. The van der Waals surface area contributed by atoms with E-state index >= 15 is 0 Å². The molecule has 156 valence electrons. The second kappa shape index (κ2) is 8.13. The molecule has 28 heavy (non-hydrogen) atoms. The number of ether oxygens (including phenoxy) is 1. The molecule has 7 heteroatoms. The number of hydrogen-bond acceptors (Lipinski definition) is 5. The molecule has 1 unspecified atom stereocenters. The minimum Gasteiger partial charge on any atom is -0.614 e. The highest BCUT2D eigenvalue weighted by atomic mass is 32.3. The lowest BCUT2D eigenvalue weighted by Gasteiger charge is -2.46. The summed E-state index contributed by atoms with van der Waals surface area (Å²) in [4.78, 5) is 17.0. The molecule has 3 atom stereocenters. The predicted molar refractivity (Wildman–Crippen MR) is 110 cm³/mol. The number of amides is 1. The summed E-state index contributed by atoms with van der Waals surface area (Å²) in [5.41, 5.74) is 0. The molecule has 2 heterocycles. The minimum absolute atomic E-state index is 0.294. The van der Waals surface area contributed by atoms with Crippen LogP contribution in [-0.2, 0) is 19.2 Å². The van der Waals surface area contributed by atoms with Gasteiger partial charge in [-0.2, -0.15) is 0 Å². The summed E-state index contributed by atoms with van der Waals surface area (Å²) < 4.78 is 30.7. The van der Waals surface area contributed by atoms with E-state index in [0.717, 1.165) is 18.7 Å². The van der Waals surface area contributed by atoms with Crippen LogP contribution in [-0.4, -0.2) is 69.1 Å². The molecule has 0 aliphatic carbocycles. The van der Waals surface area contributed by atoms with Gasteiger partial charge in [0.2, 0.25) is 4.75 Å². The van der Waals surface area contributed by atoms with E-state index in [-0.39, 0.29) is 11.9 Å². The number of para-hydroxylation sites is 1. The smallest absolute Gasteiger partial charge is 0.278 e. The van der Waals surface area contributed by atoms with Gasteiger partial charge in [0.15, 0.2) is 5.25 Å². The van der Waals surface area contributed by atoms with Crippen molar-refractivity contribution in [1.82, 2.24) is 9.80 Å².